The van der Waals surface area contributed by atoms with Crippen LogP contribution in [0.1, 0.15) is 15.9 Å². The lowest BCUT2D eigenvalue weighted by atomic mass is 10.1. The summed E-state index contributed by atoms with van der Waals surface area (Å²) in [6, 6.07) is 9.35. The Balaban J connectivity index is 1.82. The van der Waals surface area contributed by atoms with Crippen LogP contribution >= 0.6 is 11.6 Å². The van der Waals surface area contributed by atoms with Crippen molar-refractivity contribution >= 4 is 44.6 Å². The van der Waals surface area contributed by atoms with Crippen LogP contribution in [0.4, 0.5) is 11.4 Å². The fourth-order valence-electron chi connectivity index (χ4n) is 2.50. The minimum Gasteiger partial charge on any atom is -0.482 e. The third kappa shape index (κ3) is 4.33. The summed E-state index contributed by atoms with van der Waals surface area (Å²) in [5.41, 5.74) is 1.57. The van der Waals surface area contributed by atoms with E-state index in [1.54, 1.807) is 18.2 Å². The van der Waals surface area contributed by atoms with Gasteiger partial charge >= 0.3 is 0 Å². The topological polar surface area (TPSA) is 102 Å². The number of hydrogen-bond donors (Lipinski definition) is 2. The van der Waals surface area contributed by atoms with Gasteiger partial charge in [-0.15, -0.1) is 0 Å². The lowest BCUT2D eigenvalue weighted by Crippen LogP contribution is -2.25. The van der Waals surface area contributed by atoms with Crippen LogP contribution in [0.25, 0.3) is 0 Å². The Hall–Kier alpha value is -2.58. The second-order valence-corrected chi connectivity index (χ2v) is 8.44. The summed E-state index contributed by atoms with van der Waals surface area (Å²) in [6.07, 6.45) is 1.13. The van der Waals surface area contributed by atoms with Crippen molar-refractivity contribution in [2.45, 2.75) is 5.75 Å². The molecule has 2 aromatic rings. The van der Waals surface area contributed by atoms with E-state index in [4.69, 9.17) is 16.3 Å². The first kappa shape index (κ1) is 18.2. The number of amides is 2. The Morgan fingerprint density at radius 1 is 1.31 bits per heavy atom. The van der Waals surface area contributed by atoms with Gasteiger partial charge in [0.05, 0.1) is 22.2 Å². The maximum Gasteiger partial charge on any atom is 0.262 e. The molecule has 1 aliphatic heterocycles. The maximum atomic E-state index is 12.5. The minimum atomic E-state index is -3.20. The molecule has 0 atom stereocenters. The monoisotopic (exact) mass is 394 g/mol. The highest BCUT2D eigenvalue weighted by atomic mass is 35.5. The number of hydrogen-bond acceptors (Lipinski definition) is 5. The van der Waals surface area contributed by atoms with Gasteiger partial charge in [0.2, 0.25) is 0 Å². The average molecular weight is 395 g/mol. The molecule has 0 saturated heterocycles. The van der Waals surface area contributed by atoms with Gasteiger partial charge in [0.1, 0.15) is 5.75 Å². The number of rotatable bonds is 4. The Morgan fingerprint density at radius 2 is 2.08 bits per heavy atom. The van der Waals surface area contributed by atoms with E-state index in [0.717, 1.165) is 6.26 Å². The molecule has 0 spiro atoms. The van der Waals surface area contributed by atoms with Gasteiger partial charge < -0.3 is 15.4 Å². The van der Waals surface area contributed by atoms with Gasteiger partial charge in [0, 0.05) is 17.9 Å². The third-order valence-electron chi connectivity index (χ3n) is 3.57. The number of nitrogens with one attached hydrogen (secondary N) is 2. The minimum absolute atomic E-state index is 0.116. The summed E-state index contributed by atoms with van der Waals surface area (Å²) in [5, 5.41) is 5.52. The zero-order chi connectivity index (χ0) is 18.9. The van der Waals surface area contributed by atoms with E-state index in [2.05, 4.69) is 10.6 Å². The lowest BCUT2D eigenvalue weighted by Gasteiger charge is -2.19. The Kier molecular flexibility index (Phi) is 4.88. The predicted octanol–water partition coefficient (Wildman–Crippen LogP) is 2.47. The van der Waals surface area contributed by atoms with Crippen LogP contribution in [0.2, 0.25) is 5.02 Å². The molecule has 2 amide bonds. The summed E-state index contributed by atoms with van der Waals surface area (Å²) in [7, 11) is -3.20. The third-order valence-corrected chi connectivity index (χ3v) is 4.74. The fraction of sp³-hybridized carbons (Fsp3) is 0.176. The molecule has 0 aromatic heterocycles. The molecule has 0 aliphatic carbocycles. The molecule has 1 heterocycles. The van der Waals surface area contributed by atoms with Crippen LogP contribution in [-0.4, -0.2) is 33.1 Å². The second kappa shape index (κ2) is 6.97. The number of ether oxygens (including phenoxy) is 1. The highest BCUT2D eigenvalue weighted by Crippen LogP contribution is 2.36. The molecule has 3 rings (SSSR count). The zero-order valence-corrected chi connectivity index (χ0v) is 15.3. The number of fused-ring (bicyclic) bond motifs is 1. The Morgan fingerprint density at radius 3 is 2.81 bits per heavy atom. The molecule has 0 saturated carbocycles. The summed E-state index contributed by atoms with van der Waals surface area (Å²) >= 11 is 6.16. The second-order valence-electron chi connectivity index (χ2n) is 5.89. The summed E-state index contributed by atoms with van der Waals surface area (Å²) < 4.78 is 28.1. The first-order valence-corrected chi connectivity index (χ1v) is 9.99. The molecule has 2 N–H and O–H groups in total. The van der Waals surface area contributed by atoms with Gasteiger partial charge in [0.15, 0.2) is 16.4 Å². The van der Waals surface area contributed by atoms with Gasteiger partial charge in [-0.1, -0.05) is 23.7 Å². The molecule has 136 valence electrons. The normalized spacial score (nSPS) is 13.4. The number of anilines is 2. The summed E-state index contributed by atoms with van der Waals surface area (Å²) in [6.45, 7) is -0.116. The van der Waals surface area contributed by atoms with Crippen molar-refractivity contribution in [3.05, 3.63) is 52.5 Å². The summed E-state index contributed by atoms with van der Waals surface area (Å²) in [5.74, 6) is -0.480. The standard InChI is InChI=1S/C17H15ClN2O5S/c1-26(23,24)9-10-3-2-4-11(5-10)17(22)20-13-7-15-14(6-12(13)18)19-16(21)8-25-15/h2-7H,8-9H2,1H3,(H,19,21)(H,20,22). The van der Waals surface area contributed by atoms with Crippen molar-refractivity contribution in [3.63, 3.8) is 0 Å². The van der Waals surface area contributed by atoms with E-state index in [-0.39, 0.29) is 23.3 Å². The zero-order valence-electron chi connectivity index (χ0n) is 13.7. The van der Waals surface area contributed by atoms with Crippen molar-refractivity contribution in [3.8, 4) is 5.75 Å². The molecule has 2 aromatic carbocycles. The molecule has 7 nitrogen and oxygen atoms in total. The van der Waals surface area contributed by atoms with Crippen LogP contribution in [0.15, 0.2) is 36.4 Å². The van der Waals surface area contributed by atoms with Crippen molar-refractivity contribution in [2.75, 3.05) is 23.5 Å². The molecule has 0 radical (unpaired) electrons. The van der Waals surface area contributed by atoms with Gasteiger partial charge in [-0.05, 0) is 23.8 Å². The lowest BCUT2D eigenvalue weighted by molar-refractivity contribution is -0.118. The van der Waals surface area contributed by atoms with E-state index in [1.807, 2.05) is 0 Å². The van der Waals surface area contributed by atoms with Gasteiger partial charge in [-0.3, -0.25) is 9.59 Å². The molecule has 0 unspecified atom stereocenters. The average Bonchev–Trinajstić information content (AvgIpc) is 2.54. The van der Waals surface area contributed by atoms with Crippen LogP contribution in [0.5, 0.6) is 5.75 Å². The molecule has 1 aliphatic rings. The largest absolute Gasteiger partial charge is 0.482 e. The predicted molar refractivity (Wildman–Crippen MR) is 98.5 cm³/mol. The Bertz CT molecular complexity index is 1000. The van der Waals surface area contributed by atoms with Crippen molar-refractivity contribution in [2.24, 2.45) is 0 Å². The first-order chi connectivity index (χ1) is 12.2. The molecular weight excluding hydrogens is 380 g/mol. The van der Waals surface area contributed by atoms with Crippen LogP contribution in [0, 0.1) is 0 Å². The molecule has 0 bridgehead atoms. The van der Waals surface area contributed by atoms with Crippen molar-refractivity contribution < 1.29 is 22.7 Å². The van der Waals surface area contributed by atoms with Crippen molar-refractivity contribution in [1.82, 2.24) is 0 Å². The Labute approximate surface area is 155 Å². The molecule has 26 heavy (non-hydrogen) atoms. The molecule has 0 fully saturated rings. The van der Waals surface area contributed by atoms with E-state index >= 15 is 0 Å². The number of benzene rings is 2. The van der Waals surface area contributed by atoms with Crippen LogP contribution < -0.4 is 15.4 Å². The number of carbonyl (C=O) groups excluding carboxylic acids is 2. The summed E-state index contributed by atoms with van der Waals surface area (Å²) in [4.78, 5) is 23.8. The van der Waals surface area contributed by atoms with Gasteiger partial charge in [0.25, 0.3) is 11.8 Å². The number of halogens is 1. The highest BCUT2D eigenvalue weighted by molar-refractivity contribution is 7.89. The quantitative estimate of drug-likeness (QED) is 0.829. The first-order valence-electron chi connectivity index (χ1n) is 7.55. The SMILES string of the molecule is CS(=O)(=O)Cc1cccc(C(=O)Nc2cc3c(cc2Cl)NC(=O)CO3)c1. The van der Waals surface area contributed by atoms with E-state index in [0.29, 0.717) is 28.3 Å². The van der Waals surface area contributed by atoms with E-state index < -0.39 is 15.7 Å². The molecule has 9 heteroatoms. The van der Waals surface area contributed by atoms with Crippen LogP contribution in [-0.2, 0) is 20.4 Å². The van der Waals surface area contributed by atoms with E-state index in [9.17, 15) is 18.0 Å². The van der Waals surface area contributed by atoms with Crippen molar-refractivity contribution in [1.29, 1.82) is 0 Å². The fourth-order valence-corrected chi connectivity index (χ4v) is 3.49. The van der Waals surface area contributed by atoms with Gasteiger partial charge in [-0.2, -0.15) is 0 Å². The van der Waals surface area contributed by atoms with Crippen LogP contribution in [0.3, 0.4) is 0 Å². The number of carbonyl (C=O) groups is 2. The maximum absolute atomic E-state index is 12.5. The van der Waals surface area contributed by atoms with Gasteiger partial charge in [-0.25, -0.2) is 8.42 Å². The molecular formula is C17H15ClN2O5S. The number of sulfone groups is 1. The van der Waals surface area contributed by atoms with E-state index in [1.165, 1.54) is 18.2 Å². The smallest absolute Gasteiger partial charge is 0.262 e. The highest BCUT2D eigenvalue weighted by Gasteiger charge is 2.19.